The molecule has 2 heterocycles. The van der Waals surface area contributed by atoms with Crippen molar-refractivity contribution in [2.75, 3.05) is 5.32 Å². The van der Waals surface area contributed by atoms with E-state index in [0.717, 1.165) is 16.8 Å². The molecule has 4 aromatic rings. The molecule has 1 N–H and O–H groups in total. The number of nitrogens with zero attached hydrogens (tertiary/aromatic N) is 5. The average Bonchev–Trinajstić information content (AvgIpc) is 3.24. The number of carbonyl (C=O) groups is 1. The van der Waals surface area contributed by atoms with E-state index in [2.05, 4.69) is 15.5 Å². The lowest BCUT2D eigenvalue weighted by molar-refractivity contribution is -0.386. The third-order valence-electron chi connectivity index (χ3n) is 5.97. The highest BCUT2D eigenvalue weighted by Gasteiger charge is 2.22. The van der Waals surface area contributed by atoms with E-state index in [1.807, 2.05) is 54.9 Å². The Morgan fingerprint density at radius 3 is 2.20 bits per heavy atom. The van der Waals surface area contributed by atoms with Crippen LogP contribution in [0.1, 0.15) is 44.3 Å². The van der Waals surface area contributed by atoms with Crippen LogP contribution < -0.4 is 5.32 Å². The maximum absolute atomic E-state index is 12.9. The molecular formula is C25H25ClN6O3. The number of halogens is 1. The normalized spacial score (nSPS) is 11.0. The van der Waals surface area contributed by atoms with Crippen molar-refractivity contribution in [1.29, 1.82) is 0 Å². The number of hydrogen-bond acceptors (Lipinski definition) is 5. The van der Waals surface area contributed by atoms with Crippen LogP contribution in [0.5, 0.6) is 0 Å². The third kappa shape index (κ3) is 4.95. The van der Waals surface area contributed by atoms with Gasteiger partial charge in [0.1, 0.15) is 11.4 Å². The fourth-order valence-electron chi connectivity index (χ4n) is 4.05. The molecule has 1 amide bonds. The Hall–Kier alpha value is -3.98. The number of benzene rings is 2. The Morgan fingerprint density at radius 1 is 0.943 bits per heavy atom. The van der Waals surface area contributed by atoms with Gasteiger partial charge in [-0.1, -0.05) is 41.9 Å². The van der Waals surface area contributed by atoms with E-state index >= 15 is 0 Å². The van der Waals surface area contributed by atoms with Crippen molar-refractivity contribution < 1.29 is 9.72 Å². The zero-order valence-electron chi connectivity index (χ0n) is 19.9. The van der Waals surface area contributed by atoms with Gasteiger partial charge >= 0.3 is 5.69 Å². The highest BCUT2D eigenvalue weighted by molar-refractivity contribution is 6.31. The zero-order chi connectivity index (χ0) is 25.3. The van der Waals surface area contributed by atoms with Gasteiger partial charge in [0.25, 0.3) is 5.91 Å². The van der Waals surface area contributed by atoms with Crippen LogP contribution in [0.4, 0.5) is 11.4 Å². The summed E-state index contributed by atoms with van der Waals surface area (Å²) in [6, 6.07) is 14.7. The van der Waals surface area contributed by atoms with Gasteiger partial charge in [0.2, 0.25) is 0 Å². The molecule has 0 fully saturated rings. The maximum Gasteiger partial charge on any atom is 0.312 e. The van der Waals surface area contributed by atoms with Crippen LogP contribution in [-0.2, 0) is 13.1 Å². The molecule has 0 saturated carbocycles. The predicted octanol–water partition coefficient (Wildman–Crippen LogP) is 5.22. The minimum absolute atomic E-state index is 0.0295. The van der Waals surface area contributed by atoms with Crippen LogP contribution in [-0.4, -0.2) is 30.4 Å². The highest BCUT2D eigenvalue weighted by Crippen LogP contribution is 2.24. The van der Waals surface area contributed by atoms with Gasteiger partial charge in [0, 0.05) is 10.6 Å². The quantitative estimate of drug-likeness (QED) is 0.281. The van der Waals surface area contributed by atoms with Crippen molar-refractivity contribution in [3.63, 3.8) is 0 Å². The molecule has 0 saturated heterocycles. The van der Waals surface area contributed by atoms with E-state index in [-0.39, 0.29) is 11.6 Å². The molecule has 10 heteroatoms. The predicted molar refractivity (Wildman–Crippen MR) is 134 cm³/mol. The van der Waals surface area contributed by atoms with Crippen molar-refractivity contribution in [2.24, 2.45) is 0 Å². The number of aryl methyl sites for hydroxylation is 2. The Bertz CT molecular complexity index is 1420. The summed E-state index contributed by atoms with van der Waals surface area (Å²) in [6.07, 6.45) is 0. The molecule has 0 aliphatic rings. The van der Waals surface area contributed by atoms with Gasteiger partial charge in [0.05, 0.1) is 35.1 Å². The number of amides is 1. The van der Waals surface area contributed by atoms with Crippen molar-refractivity contribution in [2.45, 2.75) is 40.8 Å². The number of anilines is 1. The first-order valence-corrected chi connectivity index (χ1v) is 11.4. The molecule has 0 aliphatic carbocycles. The second-order valence-electron chi connectivity index (χ2n) is 8.38. The Morgan fingerprint density at radius 2 is 1.57 bits per heavy atom. The second-order valence-corrected chi connectivity index (χ2v) is 8.79. The highest BCUT2D eigenvalue weighted by atomic mass is 35.5. The largest absolute Gasteiger partial charge is 0.319 e. The van der Waals surface area contributed by atoms with Crippen molar-refractivity contribution in [1.82, 2.24) is 19.6 Å². The standard InChI is InChI=1S/C25H25ClN6O3/c1-15-23(17(3)31(28-15)14-21-7-5-6-8-22(21)26)27-25(33)20-11-9-19(10-12-20)13-30-18(4)24(32(34)35)16(2)29-30/h5-12H,13-14H2,1-4H3,(H,27,33). The van der Waals surface area contributed by atoms with E-state index in [1.165, 1.54) is 0 Å². The summed E-state index contributed by atoms with van der Waals surface area (Å²) in [5.74, 6) is -0.248. The van der Waals surface area contributed by atoms with E-state index < -0.39 is 4.92 Å². The van der Waals surface area contributed by atoms with Crippen molar-refractivity contribution in [3.8, 4) is 0 Å². The van der Waals surface area contributed by atoms with Crippen LogP contribution in [0.25, 0.3) is 0 Å². The summed E-state index contributed by atoms with van der Waals surface area (Å²) in [7, 11) is 0. The van der Waals surface area contributed by atoms with Gasteiger partial charge in [-0.25, -0.2) is 0 Å². The Labute approximate surface area is 207 Å². The number of nitro groups is 1. The fraction of sp³-hybridized carbons (Fsp3) is 0.240. The molecular weight excluding hydrogens is 468 g/mol. The molecule has 0 atom stereocenters. The SMILES string of the molecule is Cc1nn(Cc2ccccc2Cl)c(C)c1NC(=O)c1ccc(Cn2nc(C)c([N+](=O)[O-])c2C)cc1. The minimum Gasteiger partial charge on any atom is -0.319 e. The first-order valence-electron chi connectivity index (χ1n) is 11.0. The first kappa shape index (κ1) is 24.2. The summed E-state index contributed by atoms with van der Waals surface area (Å²) in [5.41, 5.74) is 5.43. The number of rotatable bonds is 7. The molecule has 0 bridgehead atoms. The topological polar surface area (TPSA) is 108 Å². The molecule has 35 heavy (non-hydrogen) atoms. The van der Waals surface area contributed by atoms with Gasteiger partial charge in [0.15, 0.2) is 0 Å². The molecule has 0 spiro atoms. The molecule has 9 nitrogen and oxygen atoms in total. The summed E-state index contributed by atoms with van der Waals surface area (Å²) >= 11 is 6.29. The lowest BCUT2D eigenvalue weighted by atomic mass is 10.1. The first-order chi connectivity index (χ1) is 16.7. The van der Waals surface area contributed by atoms with E-state index in [9.17, 15) is 14.9 Å². The lowest BCUT2D eigenvalue weighted by Gasteiger charge is -2.09. The number of hydrogen-bond donors (Lipinski definition) is 1. The second kappa shape index (κ2) is 9.71. The molecule has 4 rings (SSSR count). The summed E-state index contributed by atoms with van der Waals surface area (Å²) < 4.78 is 3.42. The lowest BCUT2D eigenvalue weighted by Crippen LogP contribution is -2.13. The van der Waals surface area contributed by atoms with Gasteiger partial charge in [-0.2, -0.15) is 10.2 Å². The molecule has 2 aromatic heterocycles. The number of aromatic nitrogens is 4. The van der Waals surface area contributed by atoms with Gasteiger partial charge in [-0.15, -0.1) is 0 Å². The van der Waals surface area contributed by atoms with Crippen LogP contribution in [0.2, 0.25) is 5.02 Å². The molecule has 0 radical (unpaired) electrons. The summed E-state index contributed by atoms with van der Waals surface area (Å²) in [5, 5.41) is 23.7. The van der Waals surface area contributed by atoms with Gasteiger partial charge in [-0.3, -0.25) is 24.3 Å². The molecule has 180 valence electrons. The molecule has 0 aliphatic heterocycles. The zero-order valence-corrected chi connectivity index (χ0v) is 20.6. The average molecular weight is 493 g/mol. The fourth-order valence-corrected chi connectivity index (χ4v) is 4.24. The van der Waals surface area contributed by atoms with E-state index in [0.29, 0.717) is 46.4 Å². The van der Waals surface area contributed by atoms with Crippen LogP contribution in [0.3, 0.4) is 0 Å². The third-order valence-corrected chi connectivity index (χ3v) is 6.34. The van der Waals surface area contributed by atoms with Crippen LogP contribution in [0.15, 0.2) is 48.5 Å². The Balaban J connectivity index is 1.48. The van der Waals surface area contributed by atoms with Crippen molar-refractivity contribution >= 4 is 28.9 Å². The smallest absolute Gasteiger partial charge is 0.312 e. The van der Waals surface area contributed by atoms with E-state index in [4.69, 9.17) is 11.6 Å². The number of nitrogens with one attached hydrogen (secondary N) is 1. The van der Waals surface area contributed by atoms with Crippen LogP contribution >= 0.6 is 11.6 Å². The molecule has 0 unspecified atom stereocenters. The summed E-state index contributed by atoms with van der Waals surface area (Å²) in [6.45, 7) is 7.93. The van der Waals surface area contributed by atoms with Crippen molar-refractivity contribution in [3.05, 3.63) is 103 Å². The van der Waals surface area contributed by atoms with Gasteiger partial charge in [-0.05, 0) is 57.0 Å². The van der Waals surface area contributed by atoms with E-state index in [1.54, 1.807) is 30.7 Å². The number of carbonyl (C=O) groups excluding carboxylic acids is 1. The summed E-state index contributed by atoms with van der Waals surface area (Å²) in [4.78, 5) is 23.7. The minimum atomic E-state index is -0.415. The maximum atomic E-state index is 12.9. The Kier molecular flexibility index (Phi) is 6.70. The van der Waals surface area contributed by atoms with Gasteiger partial charge < -0.3 is 5.32 Å². The molecule has 2 aromatic carbocycles. The monoisotopic (exact) mass is 492 g/mol. The van der Waals surface area contributed by atoms with Crippen LogP contribution in [0, 0.1) is 37.8 Å².